The van der Waals surface area contributed by atoms with Crippen molar-refractivity contribution >= 4 is 5.69 Å². The van der Waals surface area contributed by atoms with Crippen LogP contribution >= 0.6 is 0 Å². The molecular formula is C15H8N4O6. The molecule has 0 aliphatic heterocycles. The molecule has 0 atom stereocenters. The highest BCUT2D eigenvalue weighted by Gasteiger charge is 2.22. The molecule has 25 heavy (non-hydrogen) atoms. The van der Waals surface area contributed by atoms with Crippen molar-refractivity contribution in [1.82, 2.24) is 10.1 Å². The number of phenols is 3. The van der Waals surface area contributed by atoms with Gasteiger partial charge in [0, 0.05) is 11.6 Å². The standard InChI is InChI=1S/C15H8N4O6/c16-6-8-2-1-7(4-11(8)20)14-17-15(25-18-14)9-3-10(19(23)24)13(22)12(21)5-9/h1-5,20-22H. The second-order valence-electron chi connectivity index (χ2n) is 4.89. The number of rotatable bonds is 3. The van der Waals surface area contributed by atoms with E-state index in [1.165, 1.54) is 18.2 Å². The number of phenolic OH excluding ortho intramolecular Hbond substituents is 3. The smallest absolute Gasteiger partial charge is 0.315 e. The van der Waals surface area contributed by atoms with Crippen molar-refractivity contribution < 1.29 is 24.8 Å². The Kier molecular flexibility index (Phi) is 3.67. The zero-order valence-corrected chi connectivity index (χ0v) is 12.2. The van der Waals surface area contributed by atoms with Crippen molar-refractivity contribution in [3.63, 3.8) is 0 Å². The summed E-state index contributed by atoms with van der Waals surface area (Å²) in [5.74, 6) is -1.92. The molecule has 124 valence electrons. The molecule has 0 unspecified atom stereocenters. The van der Waals surface area contributed by atoms with Gasteiger partial charge in [-0.1, -0.05) is 5.16 Å². The number of nitrogens with zero attached hydrogens (tertiary/aromatic N) is 4. The van der Waals surface area contributed by atoms with Crippen molar-refractivity contribution in [2.45, 2.75) is 0 Å². The van der Waals surface area contributed by atoms with E-state index >= 15 is 0 Å². The molecule has 1 heterocycles. The summed E-state index contributed by atoms with van der Waals surface area (Å²) in [5, 5.41) is 52.2. The molecule has 0 bridgehead atoms. The van der Waals surface area contributed by atoms with Gasteiger partial charge in [0.05, 0.1) is 16.1 Å². The molecule has 0 radical (unpaired) electrons. The first-order valence-electron chi connectivity index (χ1n) is 6.68. The van der Waals surface area contributed by atoms with E-state index in [2.05, 4.69) is 10.1 Å². The van der Waals surface area contributed by atoms with Crippen LogP contribution in [0.2, 0.25) is 0 Å². The van der Waals surface area contributed by atoms with E-state index in [-0.39, 0.29) is 28.6 Å². The maximum atomic E-state index is 10.9. The van der Waals surface area contributed by atoms with Gasteiger partial charge in [-0.2, -0.15) is 10.2 Å². The fourth-order valence-electron chi connectivity index (χ4n) is 2.09. The number of aromatic nitrogens is 2. The topological polar surface area (TPSA) is 167 Å². The van der Waals surface area contributed by atoms with E-state index in [0.29, 0.717) is 5.56 Å². The first kappa shape index (κ1) is 15.8. The fourth-order valence-corrected chi connectivity index (χ4v) is 2.09. The van der Waals surface area contributed by atoms with Crippen LogP contribution < -0.4 is 0 Å². The first-order valence-corrected chi connectivity index (χ1v) is 6.68. The van der Waals surface area contributed by atoms with Crippen LogP contribution in [-0.2, 0) is 0 Å². The highest BCUT2D eigenvalue weighted by molar-refractivity contribution is 5.69. The Morgan fingerprint density at radius 1 is 1.12 bits per heavy atom. The lowest BCUT2D eigenvalue weighted by molar-refractivity contribution is -0.385. The zero-order chi connectivity index (χ0) is 18.1. The van der Waals surface area contributed by atoms with Crippen molar-refractivity contribution in [1.29, 1.82) is 5.26 Å². The third kappa shape index (κ3) is 2.77. The van der Waals surface area contributed by atoms with Crippen molar-refractivity contribution in [2.75, 3.05) is 0 Å². The largest absolute Gasteiger partial charge is 0.507 e. The van der Waals surface area contributed by atoms with Gasteiger partial charge in [0.2, 0.25) is 11.6 Å². The van der Waals surface area contributed by atoms with Crippen LogP contribution in [0.5, 0.6) is 17.2 Å². The summed E-state index contributed by atoms with van der Waals surface area (Å²) in [6, 6.07) is 7.95. The minimum atomic E-state index is -0.870. The predicted molar refractivity (Wildman–Crippen MR) is 81.5 cm³/mol. The van der Waals surface area contributed by atoms with Crippen LogP contribution in [-0.4, -0.2) is 30.4 Å². The molecule has 3 rings (SSSR count). The lowest BCUT2D eigenvalue weighted by Gasteiger charge is -2.01. The Labute approximate surface area is 139 Å². The Bertz CT molecular complexity index is 1040. The minimum Gasteiger partial charge on any atom is -0.507 e. The average Bonchev–Trinajstić information content (AvgIpc) is 3.07. The summed E-state index contributed by atoms with van der Waals surface area (Å²) in [6.45, 7) is 0. The summed E-state index contributed by atoms with van der Waals surface area (Å²) in [6.07, 6.45) is 0. The summed E-state index contributed by atoms with van der Waals surface area (Å²) < 4.78 is 5.01. The Balaban J connectivity index is 2.04. The number of hydrogen-bond donors (Lipinski definition) is 3. The van der Waals surface area contributed by atoms with Crippen LogP contribution in [0.3, 0.4) is 0 Å². The van der Waals surface area contributed by atoms with Gasteiger partial charge in [-0.3, -0.25) is 10.1 Å². The molecule has 1 aromatic heterocycles. The molecule has 3 aromatic rings. The second kappa shape index (κ2) is 5.82. The highest BCUT2D eigenvalue weighted by atomic mass is 16.6. The van der Waals surface area contributed by atoms with Gasteiger partial charge in [0.25, 0.3) is 5.89 Å². The number of aromatic hydroxyl groups is 3. The summed E-state index contributed by atoms with van der Waals surface area (Å²) >= 11 is 0. The van der Waals surface area contributed by atoms with Crippen molar-refractivity contribution in [2.24, 2.45) is 0 Å². The van der Waals surface area contributed by atoms with Gasteiger partial charge >= 0.3 is 5.69 Å². The van der Waals surface area contributed by atoms with Crippen LogP contribution in [0.1, 0.15) is 5.56 Å². The summed E-state index contributed by atoms with van der Waals surface area (Å²) in [7, 11) is 0. The molecule has 0 fully saturated rings. The normalized spacial score (nSPS) is 10.4. The van der Waals surface area contributed by atoms with Gasteiger partial charge in [0.15, 0.2) is 5.75 Å². The Hall–Kier alpha value is -4.13. The highest BCUT2D eigenvalue weighted by Crippen LogP contribution is 2.39. The number of nitro groups is 1. The van der Waals surface area contributed by atoms with Crippen LogP contribution in [0.25, 0.3) is 22.8 Å². The molecule has 0 saturated carbocycles. The maximum Gasteiger partial charge on any atom is 0.315 e. The molecule has 0 aliphatic carbocycles. The molecule has 0 amide bonds. The number of benzene rings is 2. The SMILES string of the molecule is N#Cc1ccc(-c2noc(-c3cc(O)c(O)c([N+](=O)[O-])c3)n2)cc1O. The Morgan fingerprint density at radius 2 is 1.84 bits per heavy atom. The van der Waals surface area contributed by atoms with Crippen LogP contribution in [0, 0.1) is 21.4 Å². The predicted octanol–water partition coefficient (Wildman–Crippen LogP) is 2.30. The van der Waals surface area contributed by atoms with E-state index in [0.717, 1.165) is 12.1 Å². The zero-order valence-electron chi connectivity index (χ0n) is 12.2. The third-order valence-corrected chi connectivity index (χ3v) is 3.32. The van der Waals surface area contributed by atoms with Gasteiger partial charge in [-0.25, -0.2) is 0 Å². The Morgan fingerprint density at radius 3 is 2.48 bits per heavy atom. The van der Waals surface area contributed by atoms with Gasteiger partial charge in [0.1, 0.15) is 11.8 Å². The molecule has 10 nitrogen and oxygen atoms in total. The van der Waals surface area contributed by atoms with Crippen molar-refractivity contribution in [3.05, 3.63) is 46.0 Å². The number of nitro benzene ring substituents is 1. The lowest BCUT2D eigenvalue weighted by atomic mass is 10.1. The summed E-state index contributed by atoms with van der Waals surface area (Å²) in [5.41, 5.74) is -0.264. The van der Waals surface area contributed by atoms with Crippen molar-refractivity contribution in [3.8, 4) is 46.2 Å². The average molecular weight is 340 g/mol. The maximum absolute atomic E-state index is 10.9. The molecule has 0 saturated heterocycles. The fraction of sp³-hybridized carbons (Fsp3) is 0. The first-order chi connectivity index (χ1) is 11.9. The van der Waals surface area contributed by atoms with Crippen LogP contribution in [0.4, 0.5) is 5.69 Å². The van der Waals surface area contributed by atoms with E-state index in [1.54, 1.807) is 6.07 Å². The monoisotopic (exact) mass is 340 g/mol. The quantitative estimate of drug-likeness (QED) is 0.368. The second-order valence-corrected chi connectivity index (χ2v) is 4.89. The molecular weight excluding hydrogens is 332 g/mol. The van der Waals surface area contributed by atoms with E-state index in [9.17, 15) is 25.4 Å². The molecule has 10 heteroatoms. The van der Waals surface area contributed by atoms with E-state index in [4.69, 9.17) is 9.78 Å². The molecule has 3 N–H and O–H groups in total. The minimum absolute atomic E-state index is 0.0265. The molecule has 0 aliphatic rings. The summed E-state index contributed by atoms with van der Waals surface area (Å²) in [4.78, 5) is 14.1. The lowest BCUT2D eigenvalue weighted by Crippen LogP contribution is -1.90. The molecule has 0 spiro atoms. The van der Waals surface area contributed by atoms with Gasteiger partial charge in [-0.15, -0.1) is 0 Å². The molecule has 2 aromatic carbocycles. The third-order valence-electron chi connectivity index (χ3n) is 3.32. The van der Waals surface area contributed by atoms with Gasteiger partial charge < -0.3 is 19.8 Å². The number of nitriles is 1. The van der Waals surface area contributed by atoms with Crippen LogP contribution in [0.15, 0.2) is 34.9 Å². The van der Waals surface area contributed by atoms with Gasteiger partial charge in [-0.05, 0) is 24.3 Å². The van der Waals surface area contributed by atoms with E-state index < -0.39 is 22.1 Å². The van der Waals surface area contributed by atoms with E-state index in [1.807, 2.05) is 0 Å². The number of hydrogen-bond acceptors (Lipinski definition) is 9.